The van der Waals surface area contributed by atoms with E-state index in [1.807, 2.05) is 37.3 Å². The van der Waals surface area contributed by atoms with Crippen LogP contribution in [0.3, 0.4) is 0 Å². The molecule has 1 aliphatic rings. The van der Waals surface area contributed by atoms with Crippen molar-refractivity contribution in [3.05, 3.63) is 89.0 Å². The van der Waals surface area contributed by atoms with Gasteiger partial charge in [-0.15, -0.1) is 0 Å². The predicted octanol–water partition coefficient (Wildman–Crippen LogP) is 4.19. The Hall–Kier alpha value is -3.20. The minimum atomic E-state index is -3.84. The third-order valence-electron chi connectivity index (χ3n) is 5.73. The summed E-state index contributed by atoms with van der Waals surface area (Å²) < 4.78 is 33.9. The zero-order valence-corrected chi connectivity index (χ0v) is 20.2. The van der Waals surface area contributed by atoms with E-state index in [2.05, 4.69) is 14.9 Å². The second-order valence-electron chi connectivity index (χ2n) is 8.49. The topological polar surface area (TPSA) is 87.7 Å². The first-order valence-electron chi connectivity index (χ1n) is 11.2. The minimum absolute atomic E-state index is 0.0332. The number of benzene rings is 3. The summed E-state index contributed by atoms with van der Waals surface area (Å²) in [5.41, 5.74) is 4.18. The Morgan fingerprint density at radius 2 is 1.68 bits per heavy atom. The lowest BCUT2D eigenvalue weighted by Crippen LogP contribution is -2.35. The van der Waals surface area contributed by atoms with Crippen LogP contribution < -0.4 is 10.0 Å². The number of hydrogen-bond acceptors (Lipinski definition) is 5. The summed E-state index contributed by atoms with van der Waals surface area (Å²) in [6, 6.07) is 19.4. The van der Waals surface area contributed by atoms with Crippen LogP contribution in [0.15, 0.2) is 71.6 Å². The maximum atomic E-state index is 13.1. The number of ether oxygens (including phenoxy) is 1. The normalized spacial score (nSPS) is 14.5. The molecule has 0 saturated carbocycles. The van der Waals surface area contributed by atoms with Gasteiger partial charge in [0.2, 0.25) is 0 Å². The fourth-order valence-corrected chi connectivity index (χ4v) is 4.97. The Balaban J connectivity index is 1.50. The number of carbonyl (C=O) groups is 1. The van der Waals surface area contributed by atoms with Crippen molar-refractivity contribution in [1.82, 2.24) is 4.90 Å². The van der Waals surface area contributed by atoms with E-state index in [0.717, 1.165) is 44.0 Å². The van der Waals surface area contributed by atoms with Crippen LogP contribution in [0.1, 0.15) is 27.0 Å². The van der Waals surface area contributed by atoms with Crippen LogP contribution in [0.5, 0.6) is 0 Å². The Morgan fingerprint density at radius 3 is 2.44 bits per heavy atom. The van der Waals surface area contributed by atoms with E-state index >= 15 is 0 Å². The fourth-order valence-electron chi connectivity index (χ4n) is 3.90. The Bertz CT molecular complexity index is 1280. The molecule has 4 rings (SSSR count). The summed E-state index contributed by atoms with van der Waals surface area (Å²) in [6.07, 6.45) is 0. The summed E-state index contributed by atoms with van der Waals surface area (Å²) in [5, 5.41) is 2.92. The number of anilines is 2. The number of rotatable bonds is 7. The number of amides is 1. The van der Waals surface area contributed by atoms with Gasteiger partial charge in [0.25, 0.3) is 15.9 Å². The lowest BCUT2D eigenvalue weighted by Gasteiger charge is -2.26. The van der Waals surface area contributed by atoms with E-state index < -0.39 is 10.0 Å². The molecule has 1 amide bonds. The summed E-state index contributed by atoms with van der Waals surface area (Å²) in [6.45, 7) is 7.68. The van der Waals surface area contributed by atoms with E-state index in [9.17, 15) is 13.2 Å². The molecule has 8 heteroatoms. The predicted molar refractivity (Wildman–Crippen MR) is 134 cm³/mol. The standard InChI is InChI=1S/C26H29N3O4S/c1-19-5-3-8-23(15-19)28-34(31,32)24-10-9-20(2)25(17-24)26(30)27-22-7-4-6-21(16-22)18-29-11-13-33-14-12-29/h3-10,15-17,28H,11-14,18H2,1-2H3,(H,27,30). The highest BCUT2D eigenvalue weighted by atomic mass is 32.2. The number of morpholine rings is 1. The van der Waals surface area contributed by atoms with Gasteiger partial charge in [-0.25, -0.2) is 8.42 Å². The van der Waals surface area contributed by atoms with Crippen LogP contribution in [0.25, 0.3) is 0 Å². The zero-order chi connectivity index (χ0) is 24.1. The van der Waals surface area contributed by atoms with Gasteiger partial charge in [-0.1, -0.05) is 30.3 Å². The highest BCUT2D eigenvalue weighted by Crippen LogP contribution is 2.21. The molecule has 178 valence electrons. The largest absolute Gasteiger partial charge is 0.379 e. The Labute approximate surface area is 200 Å². The number of aryl methyl sites for hydroxylation is 2. The molecule has 1 saturated heterocycles. The fraction of sp³-hybridized carbons (Fsp3) is 0.269. The van der Waals surface area contributed by atoms with Crippen LogP contribution in [-0.2, 0) is 21.3 Å². The van der Waals surface area contributed by atoms with Crippen LogP contribution in [0, 0.1) is 13.8 Å². The second kappa shape index (κ2) is 10.4. The SMILES string of the molecule is Cc1cccc(NS(=O)(=O)c2ccc(C)c(C(=O)Nc3cccc(CN4CCOCC4)c3)c2)c1. The molecule has 0 aliphatic carbocycles. The molecule has 7 nitrogen and oxygen atoms in total. The number of nitrogens with zero attached hydrogens (tertiary/aromatic N) is 1. The molecule has 3 aromatic carbocycles. The lowest BCUT2D eigenvalue weighted by atomic mass is 10.1. The smallest absolute Gasteiger partial charge is 0.261 e. The second-order valence-corrected chi connectivity index (χ2v) is 10.2. The van der Waals surface area contributed by atoms with Crippen molar-refractivity contribution >= 4 is 27.3 Å². The Kier molecular flexibility index (Phi) is 7.31. The number of carbonyl (C=O) groups excluding carboxylic acids is 1. The van der Waals surface area contributed by atoms with Gasteiger partial charge in [-0.05, 0) is 66.9 Å². The highest BCUT2D eigenvalue weighted by Gasteiger charge is 2.19. The van der Waals surface area contributed by atoms with Crippen LogP contribution >= 0.6 is 0 Å². The van der Waals surface area contributed by atoms with Gasteiger partial charge in [0, 0.05) is 36.6 Å². The van der Waals surface area contributed by atoms with Gasteiger partial charge in [-0.2, -0.15) is 0 Å². The van der Waals surface area contributed by atoms with Crippen molar-refractivity contribution < 1.29 is 17.9 Å². The van der Waals surface area contributed by atoms with E-state index in [1.165, 1.54) is 12.1 Å². The molecule has 0 unspecified atom stereocenters. The summed E-state index contributed by atoms with van der Waals surface area (Å²) in [7, 11) is -3.84. The van der Waals surface area contributed by atoms with Crippen molar-refractivity contribution in [3.63, 3.8) is 0 Å². The molecule has 3 aromatic rings. The molecular formula is C26H29N3O4S. The first-order valence-corrected chi connectivity index (χ1v) is 12.7. The maximum Gasteiger partial charge on any atom is 0.261 e. The van der Waals surface area contributed by atoms with Crippen molar-refractivity contribution in [2.24, 2.45) is 0 Å². The minimum Gasteiger partial charge on any atom is -0.379 e. The molecule has 0 atom stereocenters. The number of nitrogens with one attached hydrogen (secondary N) is 2. The zero-order valence-electron chi connectivity index (χ0n) is 19.4. The van der Waals surface area contributed by atoms with Crippen molar-refractivity contribution in [3.8, 4) is 0 Å². The first-order chi connectivity index (χ1) is 16.3. The molecule has 0 aromatic heterocycles. The van der Waals surface area contributed by atoms with Crippen molar-refractivity contribution in [1.29, 1.82) is 0 Å². The highest BCUT2D eigenvalue weighted by molar-refractivity contribution is 7.92. The van der Waals surface area contributed by atoms with E-state index in [0.29, 0.717) is 22.5 Å². The summed E-state index contributed by atoms with van der Waals surface area (Å²) >= 11 is 0. The van der Waals surface area contributed by atoms with Crippen LogP contribution in [-0.4, -0.2) is 45.5 Å². The van der Waals surface area contributed by atoms with E-state index in [4.69, 9.17) is 4.74 Å². The molecule has 1 aliphatic heterocycles. The molecule has 1 heterocycles. The summed E-state index contributed by atoms with van der Waals surface area (Å²) in [5.74, 6) is -0.353. The first kappa shape index (κ1) is 23.9. The molecule has 0 radical (unpaired) electrons. The molecule has 0 spiro atoms. The van der Waals surface area contributed by atoms with Gasteiger partial charge < -0.3 is 10.1 Å². The van der Waals surface area contributed by atoms with Crippen LogP contribution in [0.2, 0.25) is 0 Å². The van der Waals surface area contributed by atoms with E-state index in [1.54, 1.807) is 31.2 Å². The average molecular weight is 480 g/mol. The van der Waals surface area contributed by atoms with E-state index in [-0.39, 0.29) is 10.8 Å². The lowest BCUT2D eigenvalue weighted by molar-refractivity contribution is 0.0342. The molecule has 0 bridgehead atoms. The average Bonchev–Trinajstić information content (AvgIpc) is 2.80. The molecule has 2 N–H and O–H groups in total. The molecular weight excluding hydrogens is 450 g/mol. The summed E-state index contributed by atoms with van der Waals surface area (Å²) in [4.78, 5) is 15.4. The van der Waals surface area contributed by atoms with Gasteiger partial charge in [-0.3, -0.25) is 14.4 Å². The van der Waals surface area contributed by atoms with Gasteiger partial charge >= 0.3 is 0 Å². The third-order valence-corrected chi connectivity index (χ3v) is 7.11. The number of sulfonamides is 1. The Morgan fingerprint density at radius 1 is 0.941 bits per heavy atom. The van der Waals surface area contributed by atoms with Crippen molar-refractivity contribution in [2.45, 2.75) is 25.3 Å². The third kappa shape index (κ3) is 6.02. The monoisotopic (exact) mass is 479 g/mol. The quantitative estimate of drug-likeness (QED) is 0.531. The van der Waals surface area contributed by atoms with Crippen LogP contribution in [0.4, 0.5) is 11.4 Å². The van der Waals surface area contributed by atoms with Gasteiger partial charge in [0.1, 0.15) is 0 Å². The van der Waals surface area contributed by atoms with Gasteiger partial charge in [0.15, 0.2) is 0 Å². The van der Waals surface area contributed by atoms with Gasteiger partial charge in [0.05, 0.1) is 18.1 Å². The molecule has 34 heavy (non-hydrogen) atoms. The number of hydrogen-bond donors (Lipinski definition) is 2. The van der Waals surface area contributed by atoms with Crippen molar-refractivity contribution in [2.75, 3.05) is 36.3 Å². The molecule has 1 fully saturated rings. The maximum absolute atomic E-state index is 13.1.